The Bertz CT molecular complexity index is 803. The summed E-state index contributed by atoms with van der Waals surface area (Å²) in [6, 6.07) is 0. The quantitative estimate of drug-likeness (QED) is 0.474. The Morgan fingerprint density at radius 3 is 1.97 bits per heavy atom. The van der Waals surface area contributed by atoms with Gasteiger partial charge in [0.2, 0.25) is 0 Å². The highest BCUT2D eigenvalue weighted by Gasteiger charge is 2.69. The van der Waals surface area contributed by atoms with Crippen LogP contribution in [0.25, 0.3) is 0 Å². The lowest BCUT2D eigenvalue weighted by molar-refractivity contribution is -0.207. The molecule has 0 bridgehead atoms. The van der Waals surface area contributed by atoms with Gasteiger partial charge in [0.15, 0.2) is 0 Å². The molecule has 0 aromatic heterocycles. The Hall–Kier alpha value is -1.06. The van der Waals surface area contributed by atoms with E-state index in [1.807, 2.05) is 0 Å². The first kappa shape index (κ1) is 21.8. The Kier molecular flexibility index (Phi) is 4.57. The fourth-order valence-corrected chi connectivity index (χ4v) is 10.1. The highest BCUT2D eigenvalue weighted by atomic mass is 16.6. The van der Waals surface area contributed by atoms with Crippen LogP contribution in [0.3, 0.4) is 0 Å². The predicted molar refractivity (Wildman–Crippen MR) is 119 cm³/mol. The molecule has 0 radical (unpaired) electrons. The zero-order valence-corrected chi connectivity index (χ0v) is 20.5. The van der Waals surface area contributed by atoms with E-state index in [9.17, 15) is 9.59 Å². The van der Waals surface area contributed by atoms with Crippen molar-refractivity contribution in [2.75, 3.05) is 0 Å². The topological polar surface area (TPSA) is 52.6 Å². The molecule has 4 heteroatoms. The number of carbonyl (C=O) groups is 2. The summed E-state index contributed by atoms with van der Waals surface area (Å²) in [4.78, 5) is 24.5. The molecule has 0 N–H and O–H groups in total. The van der Waals surface area contributed by atoms with Crippen molar-refractivity contribution in [2.24, 2.45) is 39.9 Å². The normalized spacial score (nSPS) is 53.6. The van der Waals surface area contributed by atoms with Crippen LogP contribution in [0.1, 0.15) is 106 Å². The number of fused-ring (bicyclic) bond motifs is 5. The van der Waals surface area contributed by atoms with Gasteiger partial charge in [-0.1, -0.05) is 20.8 Å². The van der Waals surface area contributed by atoms with Crippen molar-refractivity contribution in [1.82, 2.24) is 0 Å². The van der Waals surface area contributed by atoms with E-state index in [0.717, 1.165) is 19.3 Å². The van der Waals surface area contributed by atoms with Gasteiger partial charge in [0, 0.05) is 24.7 Å². The number of cyclic esters (lactones) is 2. The second-order valence-corrected chi connectivity index (χ2v) is 13.2. The van der Waals surface area contributed by atoms with E-state index in [4.69, 9.17) is 9.47 Å². The van der Waals surface area contributed by atoms with Crippen molar-refractivity contribution in [3.05, 3.63) is 0 Å². The summed E-state index contributed by atoms with van der Waals surface area (Å²) in [5.74, 6) is 2.14. The minimum atomic E-state index is -0.384. The number of esters is 2. The standard InChI is InChI=1S/C27H42O4/c1-23(2)19-10-15-26(5)20(24(19,3)13-11-21(28)30-23)8-7-17-18(9-14-25(17,26)4)27(6)16-12-22(29)31-27/h17-20H,7-16H2,1-6H3. The van der Waals surface area contributed by atoms with Gasteiger partial charge in [0.1, 0.15) is 11.2 Å². The maximum absolute atomic E-state index is 12.5. The first-order valence-corrected chi connectivity index (χ1v) is 12.8. The summed E-state index contributed by atoms with van der Waals surface area (Å²) in [6.07, 6.45) is 10.2. The molecular formula is C27H42O4. The molecule has 2 heterocycles. The van der Waals surface area contributed by atoms with Crippen LogP contribution in [0.4, 0.5) is 0 Å². The molecule has 2 saturated heterocycles. The third-order valence-electron chi connectivity index (χ3n) is 11.7. The molecule has 2 aliphatic heterocycles. The second kappa shape index (κ2) is 6.50. The fourth-order valence-electron chi connectivity index (χ4n) is 10.1. The molecule has 8 atom stereocenters. The van der Waals surface area contributed by atoms with Gasteiger partial charge in [-0.3, -0.25) is 9.59 Å². The number of hydrogen-bond acceptors (Lipinski definition) is 4. The summed E-state index contributed by atoms with van der Waals surface area (Å²) >= 11 is 0. The monoisotopic (exact) mass is 430 g/mol. The molecule has 0 aromatic carbocycles. The SMILES string of the molecule is CC1(C)OC(=O)CCC2(C)C1CCC1(C)C2CCC2C(C3(C)CCC(=O)O3)CCC21C. The lowest BCUT2D eigenvalue weighted by atomic mass is 9.37. The van der Waals surface area contributed by atoms with Crippen LogP contribution >= 0.6 is 0 Å². The zero-order valence-electron chi connectivity index (χ0n) is 20.5. The fraction of sp³-hybridized carbons (Fsp3) is 0.926. The van der Waals surface area contributed by atoms with Crippen molar-refractivity contribution < 1.29 is 19.1 Å². The van der Waals surface area contributed by atoms with E-state index in [2.05, 4.69) is 41.5 Å². The van der Waals surface area contributed by atoms with Crippen LogP contribution in [-0.2, 0) is 19.1 Å². The van der Waals surface area contributed by atoms with Crippen molar-refractivity contribution in [2.45, 2.75) is 117 Å². The smallest absolute Gasteiger partial charge is 0.306 e. The maximum atomic E-state index is 12.5. The van der Waals surface area contributed by atoms with E-state index < -0.39 is 0 Å². The van der Waals surface area contributed by atoms with Gasteiger partial charge in [-0.15, -0.1) is 0 Å². The van der Waals surface area contributed by atoms with E-state index in [1.54, 1.807) is 0 Å². The summed E-state index contributed by atoms with van der Waals surface area (Å²) < 4.78 is 11.9. The molecular weight excluding hydrogens is 388 g/mol. The summed E-state index contributed by atoms with van der Waals surface area (Å²) in [7, 11) is 0. The summed E-state index contributed by atoms with van der Waals surface area (Å²) in [5, 5.41) is 0. The average Bonchev–Trinajstić information content (AvgIpc) is 3.18. The van der Waals surface area contributed by atoms with E-state index in [0.29, 0.717) is 36.5 Å². The van der Waals surface area contributed by atoms with E-state index in [-0.39, 0.29) is 39.4 Å². The predicted octanol–water partition coefficient (Wildman–Crippen LogP) is 6.06. The first-order chi connectivity index (χ1) is 14.4. The van der Waals surface area contributed by atoms with Crippen molar-refractivity contribution in [1.29, 1.82) is 0 Å². The molecule has 0 amide bonds. The van der Waals surface area contributed by atoms with Crippen LogP contribution in [0.15, 0.2) is 0 Å². The summed E-state index contributed by atoms with van der Waals surface area (Å²) in [5.41, 5.74) is 0.0181. The van der Waals surface area contributed by atoms with Crippen molar-refractivity contribution in [3.63, 3.8) is 0 Å². The largest absolute Gasteiger partial charge is 0.459 e. The molecule has 174 valence electrons. The third-order valence-corrected chi connectivity index (χ3v) is 11.7. The number of rotatable bonds is 1. The van der Waals surface area contributed by atoms with Crippen molar-refractivity contribution >= 4 is 11.9 Å². The molecule has 0 aromatic rings. The van der Waals surface area contributed by atoms with E-state index in [1.165, 1.54) is 32.1 Å². The molecule has 5 fully saturated rings. The van der Waals surface area contributed by atoms with Gasteiger partial charge in [0.25, 0.3) is 0 Å². The van der Waals surface area contributed by atoms with Crippen LogP contribution in [-0.4, -0.2) is 23.1 Å². The molecule has 8 unspecified atom stereocenters. The van der Waals surface area contributed by atoms with Gasteiger partial charge in [0.05, 0.1) is 0 Å². The van der Waals surface area contributed by atoms with Crippen LogP contribution in [0.5, 0.6) is 0 Å². The van der Waals surface area contributed by atoms with Gasteiger partial charge in [-0.2, -0.15) is 0 Å². The number of hydrogen-bond donors (Lipinski definition) is 0. The molecule has 4 nitrogen and oxygen atoms in total. The van der Waals surface area contributed by atoms with Gasteiger partial charge in [-0.05, 0) is 100 Å². The number of carbonyl (C=O) groups excluding carboxylic acids is 2. The van der Waals surface area contributed by atoms with Crippen LogP contribution in [0, 0.1) is 39.9 Å². The number of ether oxygens (including phenoxy) is 2. The Labute approximate surface area is 188 Å². The zero-order chi connectivity index (χ0) is 22.4. The Morgan fingerprint density at radius 1 is 0.645 bits per heavy atom. The van der Waals surface area contributed by atoms with Gasteiger partial charge < -0.3 is 9.47 Å². The van der Waals surface area contributed by atoms with E-state index >= 15 is 0 Å². The van der Waals surface area contributed by atoms with Crippen LogP contribution in [0.2, 0.25) is 0 Å². The molecule has 3 saturated carbocycles. The molecule has 5 rings (SSSR count). The minimum Gasteiger partial charge on any atom is -0.459 e. The highest BCUT2D eigenvalue weighted by molar-refractivity contribution is 5.72. The lowest BCUT2D eigenvalue weighted by Crippen LogP contribution is -2.62. The Balaban J connectivity index is 1.50. The molecule has 0 spiro atoms. The molecule has 31 heavy (non-hydrogen) atoms. The van der Waals surface area contributed by atoms with Gasteiger partial charge >= 0.3 is 11.9 Å². The van der Waals surface area contributed by atoms with Crippen molar-refractivity contribution in [3.8, 4) is 0 Å². The average molecular weight is 431 g/mol. The maximum Gasteiger partial charge on any atom is 0.306 e. The Morgan fingerprint density at radius 2 is 1.29 bits per heavy atom. The molecule has 5 aliphatic rings. The first-order valence-electron chi connectivity index (χ1n) is 12.8. The second-order valence-electron chi connectivity index (χ2n) is 13.2. The molecule has 3 aliphatic carbocycles. The lowest BCUT2D eigenvalue weighted by Gasteiger charge is -2.67. The third kappa shape index (κ3) is 2.78. The highest BCUT2D eigenvalue weighted by Crippen LogP contribution is 2.75. The van der Waals surface area contributed by atoms with Crippen LogP contribution < -0.4 is 0 Å². The summed E-state index contributed by atoms with van der Waals surface area (Å²) in [6.45, 7) is 14.1. The van der Waals surface area contributed by atoms with Gasteiger partial charge in [-0.25, -0.2) is 0 Å². The minimum absolute atomic E-state index is 0.00521.